The van der Waals surface area contributed by atoms with Gasteiger partial charge in [-0.3, -0.25) is 14.6 Å². The van der Waals surface area contributed by atoms with E-state index in [1.54, 1.807) is 31.3 Å². The Morgan fingerprint density at radius 3 is 2.50 bits per heavy atom. The number of carbonyl (C=O) groups is 2. The van der Waals surface area contributed by atoms with Gasteiger partial charge >= 0.3 is 0 Å². The lowest BCUT2D eigenvalue weighted by atomic mass is 9.70. The molecule has 2 heterocycles. The van der Waals surface area contributed by atoms with Crippen molar-refractivity contribution >= 4 is 27.3 Å². The van der Waals surface area contributed by atoms with Crippen LogP contribution in [0.5, 0.6) is 5.88 Å². The van der Waals surface area contributed by atoms with Crippen molar-refractivity contribution < 1.29 is 22.7 Å². The summed E-state index contributed by atoms with van der Waals surface area (Å²) in [4.78, 5) is 39.6. The number of nitrogens with one attached hydrogen (secondary N) is 1. The molecule has 1 N–H and O–H groups in total. The molecule has 188 valence electrons. The van der Waals surface area contributed by atoms with Gasteiger partial charge in [0.25, 0.3) is 0 Å². The zero-order valence-corrected chi connectivity index (χ0v) is 21.5. The second kappa shape index (κ2) is 9.77. The number of hydrogen-bond donors (Lipinski definition) is 1. The molecular formula is C26H28N4O5S. The first-order valence-corrected chi connectivity index (χ1v) is 13.3. The van der Waals surface area contributed by atoms with Crippen LogP contribution in [0.1, 0.15) is 53.1 Å². The van der Waals surface area contributed by atoms with Crippen LogP contribution in [0.2, 0.25) is 0 Å². The summed E-state index contributed by atoms with van der Waals surface area (Å²) < 4.78 is 29.0. The monoisotopic (exact) mass is 508 g/mol. The van der Waals surface area contributed by atoms with E-state index in [-0.39, 0.29) is 28.8 Å². The molecule has 1 aliphatic carbocycles. The second-order valence-corrected chi connectivity index (χ2v) is 11.3. The number of pyridine rings is 1. The summed E-state index contributed by atoms with van der Waals surface area (Å²) in [6, 6.07) is 7.98. The van der Waals surface area contributed by atoms with Gasteiger partial charge in [0.05, 0.1) is 53.4 Å². The van der Waals surface area contributed by atoms with Gasteiger partial charge in [-0.15, -0.1) is 0 Å². The molecule has 0 bridgehead atoms. The molecule has 36 heavy (non-hydrogen) atoms. The molecule has 4 rings (SSSR count). The number of fused-ring (bicyclic) bond motifs is 1. The number of nitrogens with zero attached hydrogens (tertiary/aromatic N) is 3. The van der Waals surface area contributed by atoms with Crippen LogP contribution in [0, 0.1) is 6.92 Å². The van der Waals surface area contributed by atoms with Gasteiger partial charge in [0, 0.05) is 5.56 Å². The Balaban J connectivity index is 1.50. The summed E-state index contributed by atoms with van der Waals surface area (Å²) >= 11 is 0. The molecule has 0 spiro atoms. The van der Waals surface area contributed by atoms with Crippen molar-refractivity contribution in [3.63, 3.8) is 0 Å². The van der Waals surface area contributed by atoms with E-state index in [9.17, 15) is 18.0 Å². The first-order chi connectivity index (χ1) is 17.1. The molecule has 1 atom stereocenters. The highest BCUT2D eigenvalue weighted by atomic mass is 32.2. The molecule has 1 amide bonds. The predicted molar refractivity (Wildman–Crippen MR) is 134 cm³/mol. The maximum atomic E-state index is 13.5. The molecule has 1 aromatic carbocycles. The fraction of sp³-hybridized carbons (Fsp3) is 0.346. The van der Waals surface area contributed by atoms with Crippen molar-refractivity contribution in [1.82, 2.24) is 15.0 Å². The molecule has 0 fully saturated rings. The first-order valence-electron chi connectivity index (χ1n) is 11.6. The van der Waals surface area contributed by atoms with Crippen LogP contribution in [0.3, 0.4) is 0 Å². The summed E-state index contributed by atoms with van der Waals surface area (Å²) in [7, 11) is -1.78. The van der Waals surface area contributed by atoms with Crippen LogP contribution in [-0.2, 0) is 32.9 Å². The van der Waals surface area contributed by atoms with Crippen LogP contribution in [0.4, 0.5) is 5.82 Å². The number of methoxy groups -OCH3 is 1. The normalized spacial score (nSPS) is 17.4. The van der Waals surface area contributed by atoms with Gasteiger partial charge in [0.1, 0.15) is 5.82 Å². The number of ether oxygens (including phenoxy) is 1. The van der Waals surface area contributed by atoms with E-state index in [0.717, 1.165) is 5.56 Å². The van der Waals surface area contributed by atoms with Crippen LogP contribution in [-0.4, -0.2) is 47.9 Å². The van der Waals surface area contributed by atoms with Gasteiger partial charge in [-0.2, -0.15) is 0 Å². The van der Waals surface area contributed by atoms with E-state index in [2.05, 4.69) is 20.3 Å². The van der Waals surface area contributed by atoms with Crippen molar-refractivity contribution in [2.24, 2.45) is 0 Å². The minimum Gasteiger partial charge on any atom is -0.480 e. The lowest BCUT2D eigenvalue weighted by Gasteiger charge is -2.33. The Kier molecular flexibility index (Phi) is 6.90. The van der Waals surface area contributed by atoms with E-state index < -0.39 is 15.3 Å². The van der Waals surface area contributed by atoms with Gasteiger partial charge in [-0.05, 0) is 56.0 Å². The number of aryl methyl sites for hydroxylation is 2. The van der Waals surface area contributed by atoms with E-state index >= 15 is 0 Å². The van der Waals surface area contributed by atoms with Gasteiger partial charge < -0.3 is 10.1 Å². The van der Waals surface area contributed by atoms with E-state index in [1.807, 2.05) is 13.8 Å². The molecule has 1 aliphatic rings. The molecule has 9 nitrogen and oxygen atoms in total. The third-order valence-corrected chi connectivity index (χ3v) is 8.33. The predicted octanol–water partition coefficient (Wildman–Crippen LogP) is 3.25. The number of ketones is 1. The minimum atomic E-state index is -3.29. The molecule has 0 aliphatic heterocycles. The van der Waals surface area contributed by atoms with E-state index in [4.69, 9.17) is 4.74 Å². The van der Waals surface area contributed by atoms with Gasteiger partial charge in [0.2, 0.25) is 11.8 Å². The van der Waals surface area contributed by atoms with Crippen molar-refractivity contribution in [3.05, 3.63) is 70.8 Å². The number of sulfone groups is 1. The number of carbonyl (C=O) groups excluding carboxylic acids is 2. The van der Waals surface area contributed by atoms with E-state index in [1.165, 1.54) is 25.4 Å². The smallest absolute Gasteiger partial charge is 0.231 e. The highest BCUT2D eigenvalue weighted by Crippen LogP contribution is 2.38. The number of anilines is 1. The molecule has 3 aromatic rings. The maximum absolute atomic E-state index is 13.5. The minimum absolute atomic E-state index is 0.0192. The molecule has 0 radical (unpaired) electrons. The van der Waals surface area contributed by atoms with Crippen molar-refractivity contribution in [1.29, 1.82) is 0 Å². The molecule has 2 aromatic heterocycles. The quantitative estimate of drug-likeness (QED) is 0.515. The van der Waals surface area contributed by atoms with Crippen LogP contribution in [0.25, 0.3) is 0 Å². The lowest BCUT2D eigenvalue weighted by molar-refractivity contribution is -0.115. The third kappa shape index (κ3) is 4.86. The number of amides is 1. The van der Waals surface area contributed by atoms with Gasteiger partial charge in [-0.25, -0.2) is 18.4 Å². The SMILES string of the molecule is CCS(=O)(=O)c1ccc(CC(=O)Nc2cc(C)c3c(n2)CCC(C)(c2cnc(OC)cn2)C3=O)cc1. The molecule has 0 saturated heterocycles. The number of rotatable bonds is 7. The number of Topliss-reactive ketones (excluding diaryl/α,β-unsaturated/α-hetero) is 1. The Hall–Kier alpha value is -3.66. The standard InChI is InChI=1S/C26H28N4O5S/c1-5-36(33,34)18-8-6-17(7-9-18)13-22(31)30-21-12-16(2)24-19(29-21)10-11-26(3,25(24)32)20-14-28-23(35-4)15-27-20/h6-9,12,14-15H,5,10-11,13H2,1-4H3,(H,29,30,31). The largest absolute Gasteiger partial charge is 0.480 e. The zero-order valence-electron chi connectivity index (χ0n) is 20.7. The fourth-order valence-electron chi connectivity index (χ4n) is 4.36. The topological polar surface area (TPSA) is 128 Å². The summed E-state index contributed by atoms with van der Waals surface area (Å²) in [5.41, 5.74) is 2.34. The summed E-state index contributed by atoms with van der Waals surface area (Å²) in [6.45, 7) is 5.28. The highest BCUT2D eigenvalue weighted by molar-refractivity contribution is 7.91. The highest BCUT2D eigenvalue weighted by Gasteiger charge is 2.43. The Bertz CT molecular complexity index is 1420. The second-order valence-electron chi connectivity index (χ2n) is 9.02. The Morgan fingerprint density at radius 2 is 1.89 bits per heavy atom. The lowest BCUT2D eigenvalue weighted by Crippen LogP contribution is -2.39. The van der Waals surface area contributed by atoms with Crippen LogP contribution in [0.15, 0.2) is 47.6 Å². The van der Waals surface area contributed by atoms with Crippen molar-refractivity contribution in [2.45, 2.75) is 50.3 Å². The molecule has 1 unspecified atom stereocenters. The Labute approximate surface area is 210 Å². The van der Waals surface area contributed by atoms with Crippen LogP contribution >= 0.6 is 0 Å². The van der Waals surface area contributed by atoms with Crippen LogP contribution < -0.4 is 10.1 Å². The Morgan fingerprint density at radius 1 is 1.17 bits per heavy atom. The third-order valence-electron chi connectivity index (χ3n) is 6.58. The molecule has 0 saturated carbocycles. The number of hydrogen-bond acceptors (Lipinski definition) is 8. The molecule has 10 heteroatoms. The fourth-order valence-corrected chi connectivity index (χ4v) is 5.24. The summed E-state index contributed by atoms with van der Waals surface area (Å²) in [6.07, 6.45) is 4.20. The average Bonchev–Trinajstić information content (AvgIpc) is 2.86. The van der Waals surface area contributed by atoms with Gasteiger partial charge in [0.15, 0.2) is 15.6 Å². The number of aromatic nitrogens is 3. The first kappa shape index (κ1) is 25.4. The zero-order chi connectivity index (χ0) is 26.1. The summed E-state index contributed by atoms with van der Waals surface area (Å²) in [5.74, 6) is 0.417. The number of benzene rings is 1. The molecular weight excluding hydrogens is 480 g/mol. The van der Waals surface area contributed by atoms with Crippen molar-refractivity contribution in [2.75, 3.05) is 18.2 Å². The van der Waals surface area contributed by atoms with E-state index in [0.29, 0.717) is 47.1 Å². The maximum Gasteiger partial charge on any atom is 0.231 e. The van der Waals surface area contributed by atoms with Crippen molar-refractivity contribution in [3.8, 4) is 5.88 Å². The summed E-state index contributed by atoms with van der Waals surface area (Å²) in [5, 5.41) is 2.80. The average molecular weight is 509 g/mol. The van der Waals surface area contributed by atoms with Gasteiger partial charge in [-0.1, -0.05) is 19.1 Å².